The Kier molecular flexibility index (Phi) is 3.62. The molecule has 0 saturated carbocycles. The van der Waals surface area contributed by atoms with Crippen LogP contribution in [-0.2, 0) is 0 Å². The van der Waals surface area contributed by atoms with Crippen LogP contribution in [0.15, 0.2) is 23.7 Å². The van der Waals surface area contributed by atoms with Gasteiger partial charge in [0.15, 0.2) is 0 Å². The van der Waals surface area contributed by atoms with Gasteiger partial charge in [0.2, 0.25) is 0 Å². The van der Waals surface area contributed by atoms with E-state index in [2.05, 4.69) is 6.58 Å². The molecule has 10 heavy (non-hydrogen) atoms. The second-order valence-corrected chi connectivity index (χ2v) is 2.49. The zero-order valence-corrected chi connectivity index (χ0v) is 6.52. The van der Waals surface area contributed by atoms with Crippen LogP contribution in [0.4, 0.5) is 0 Å². The highest BCUT2D eigenvalue weighted by Crippen LogP contribution is 2.09. The van der Waals surface area contributed by atoms with Gasteiger partial charge >= 0.3 is 0 Å². The standard InChI is InChI=1S/C8H14O2/c1-6(2)4-5-8(10)7(3)9/h9-10H,1,4-5H2,2-3H3/b8-7-. The quantitative estimate of drug-likeness (QED) is 0.469. The highest BCUT2D eigenvalue weighted by molar-refractivity contribution is 4.99. The highest BCUT2D eigenvalue weighted by Gasteiger charge is 1.97. The van der Waals surface area contributed by atoms with Crippen LogP contribution in [0.5, 0.6) is 0 Å². The van der Waals surface area contributed by atoms with Crippen molar-refractivity contribution < 1.29 is 10.2 Å². The minimum Gasteiger partial charge on any atom is -0.509 e. The van der Waals surface area contributed by atoms with E-state index in [0.29, 0.717) is 6.42 Å². The molecular weight excluding hydrogens is 128 g/mol. The average molecular weight is 142 g/mol. The van der Waals surface area contributed by atoms with Crippen molar-refractivity contribution in [2.45, 2.75) is 26.7 Å². The molecule has 0 rings (SSSR count). The van der Waals surface area contributed by atoms with Gasteiger partial charge < -0.3 is 10.2 Å². The molecule has 0 aliphatic carbocycles. The van der Waals surface area contributed by atoms with Gasteiger partial charge in [0.05, 0.1) is 0 Å². The van der Waals surface area contributed by atoms with Crippen molar-refractivity contribution in [3.05, 3.63) is 23.7 Å². The van der Waals surface area contributed by atoms with E-state index in [9.17, 15) is 0 Å². The number of aliphatic hydroxyl groups is 2. The fourth-order valence-electron chi connectivity index (χ4n) is 0.513. The van der Waals surface area contributed by atoms with Crippen molar-refractivity contribution in [3.63, 3.8) is 0 Å². The fourth-order valence-corrected chi connectivity index (χ4v) is 0.513. The summed E-state index contributed by atoms with van der Waals surface area (Å²) in [5.41, 5.74) is 1.01. The Morgan fingerprint density at radius 1 is 1.20 bits per heavy atom. The maximum Gasteiger partial charge on any atom is 0.130 e. The topological polar surface area (TPSA) is 40.5 Å². The van der Waals surface area contributed by atoms with Crippen LogP contribution in [-0.4, -0.2) is 10.2 Å². The van der Waals surface area contributed by atoms with Crippen LogP contribution in [0.2, 0.25) is 0 Å². The van der Waals surface area contributed by atoms with Gasteiger partial charge in [-0.1, -0.05) is 5.57 Å². The lowest BCUT2D eigenvalue weighted by Gasteiger charge is -1.99. The third kappa shape index (κ3) is 4.01. The van der Waals surface area contributed by atoms with Gasteiger partial charge in [-0.3, -0.25) is 0 Å². The molecule has 2 N–H and O–H groups in total. The van der Waals surface area contributed by atoms with Gasteiger partial charge in [-0.15, -0.1) is 6.58 Å². The van der Waals surface area contributed by atoms with Gasteiger partial charge in [-0.05, 0) is 20.3 Å². The maximum absolute atomic E-state index is 8.96. The molecule has 2 nitrogen and oxygen atoms in total. The Morgan fingerprint density at radius 3 is 2.00 bits per heavy atom. The third-order valence-corrected chi connectivity index (χ3v) is 1.21. The predicted molar refractivity (Wildman–Crippen MR) is 42.0 cm³/mol. The Hall–Kier alpha value is -0.920. The SMILES string of the molecule is C=C(C)CC/C(O)=C(\C)O. The molecule has 2 heteroatoms. The molecule has 0 amide bonds. The Balaban J connectivity index is 3.71. The first-order chi connectivity index (χ1) is 4.54. The molecule has 0 aromatic rings. The summed E-state index contributed by atoms with van der Waals surface area (Å²) >= 11 is 0. The summed E-state index contributed by atoms with van der Waals surface area (Å²) in [7, 11) is 0. The number of aliphatic hydroxyl groups excluding tert-OH is 2. The van der Waals surface area contributed by atoms with Gasteiger partial charge in [-0.25, -0.2) is 0 Å². The van der Waals surface area contributed by atoms with Crippen LogP contribution in [0.3, 0.4) is 0 Å². The van der Waals surface area contributed by atoms with E-state index >= 15 is 0 Å². The number of allylic oxidation sites excluding steroid dienone is 3. The van der Waals surface area contributed by atoms with E-state index in [1.165, 1.54) is 6.92 Å². The van der Waals surface area contributed by atoms with Crippen molar-refractivity contribution in [2.75, 3.05) is 0 Å². The van der Waals surface area contributed by atoms with E-state index in [-0.39, 0.29) is 11.5 Å². The number of rotatable bonds is 3. The Labute approximate surface area is 61.5 Å². The Morgan fingerprint density at radius 2 is 1.70 bits per heavy atom. The molecule has 0 unspecified atom stereocenters. The second-order valence-electron chi connectivity index (χ2n) is 2.49. The van der Waals surface area contributed by atoms with Crippen LogP contribution in [0.25, 0.3) is 0 Å². The molecule has 0 aliphatic heterocycles. The first-order valence-corrected chi connectivity index (χ1v) is 3.26. The summed E-state index contributed by atoms with van der Waals surface area (Å²) in [5, 5.41) is 17.7. The molecular formula is C8H14O2. The molecule has 0 atom stereocenters. The minimum atomic E-state index is 0.00116. The normalized spacial score (nSPS) is 12.6. The maximum atomic E-state index is 8.96. The van der Waals surface area contributed by atoms with Gasteiger partial charge in [-0.2, -0.15) is 0 Å². The molecule has 0 bridgehead atoms. The Bertz CT molecular complexity index is 153. The van der Waals surface area contributed by atoms with Crippen LogP contribution in [0.1, 0.15) is 26.7 Å². The lowest BCUT2D eigenvalue weighted by atomic mass is 10.1. The van der Waals surface area contributed by atoms with Crippen molar-refractivity contribution in [3.8, 4) is 0 Å². The molecule has 58 valence electrons. The van der Waals surface area contributed by atoms with E-state index < -0.39 is 0 Å². The molecule has 0 aromatic carbocycles. The summed E-state index contributed by atoms with van der Waals surface area (Å²) in [6, 6.07) is 0. The zero-order valence-electron chi connectivity index (χ0n) is 6.52. The smallest absolute Gasteiger partial charge is 0.130 e. The third-order valence-electron chi connectivity index (χ3n) is 1.21. The van der Waals surface area contributed by atoms with E-state index in [1.807, 2.05) is 6.92 Å². The largest absolute Gasteiger partial charge is 0.509 e. The van der Waals surface area contributed by atoms with Crippen LogP contribution >= 0.6 is 0 Å². The van der Waals surface area contributed by atoms with Crippen LogP contribution in [0, 0.1) is 0 Å². The molecule has 0 heterocycles. The van der Waals surface area contributed by atoms with Crippen LogP contribution < -0.4 is 0 Å². The van der Waals surface area contributed by atoms with E-state index in [1.54, 1.807) is 0 Å². The second kappa shape index (κ2) is 3.99. The summed E-state index contributed by atoms with van der Waals surface area (Å²) in [4.78, 5) is 0. The highest BCUT2D eigenvalue weighted by atomic mass is 16.3. The van der Waals surface area contributed by atoms with Crippen molar-refractivity contribution >= 4 is 0 Å². The number of hydrogen-bond donors (Lipinski definition) is 2. The molecule has 0 radical (unpaired) electrons. The molecule has 0 saturated heterocycles. The molecule has 0 aliphatic rings. The lowest BCUT2D eigenvalue weighted by Crippen LogP contribution is -1.87. The molecule has 0 spiro atoms. The first kappa shape index (κ1) is 9.08. The van der Waals surface area contributed by atoms with E-state index in [0.717, 1.165) is 12.0 Å². The first-order valence-electron chi connectivity index (χ1n) is 3.26. The minimum absolute atomic E-state index is 0.00116. The number of hydrogen-bond acceptors (Lipinski definition) is 2. The van der Waals surface area contributed by atoms with Gasteiger partial charge in [0, 0.05) is 6.42 Å². The molecule has 0 fully saturated rings. The lowest BCUT2D eigenvalue weighted by molar-refractivity contribution is 0.313. The summed E-state index contributed by atoms with van der Waals surface area (Å²) in [5.74, 6) is 0.0595. The fraction of sp³-hybridized carbons (Fsp3) is 0.500. The van der Waals surface area contributed by atoms with Gasteiger partial charge in [0.25, 0.3) is 0 Å². The average Bonchev–Trinajstić information content (AvgIpc) is 1.82. The molecule has 0 aromatic heterocycles. The summed E-state index contributed by atoms with van der Waals surface area (Å²) in [6.07, 6.45) is 1.21. The van der Waals surface area contributed by atoms with Crippen molar-refractivity contribution in [1.29, 1.82) is 0 Å². The van der Waals surface area contributed by atoms with Crippen molar-refractivity contribution in [1.82, 2.24) is 0 Å². The van der Waals surface area contributed by atoms with Crippen molar-refractivity contribution in [2.24, 2.45) is 0 Å². The predicted octanol–water partition coefficient (Wildman–Crippen LogP) is 2.69. The summed E-state index contributed by atoms with van der Waals surface area (Å²) in [6.45, 7) is 7.03. The van der Waals surface area contributed by atoms with Gasteiger partial charge in [0.1, 0.15) is 11.5 Å². The summed E-state index contributed by atoms with van der Waals surface area (Å²) < 4.78 is 0. The zero-order chi connectivity index (χ0) is 8.15. The monoisotopic (exact) mass is 142 g/mol. The van der Waals surface area contributed by atoms with E-state index in [4.69, 9.17) is 10.2 Å².